The summed E-state index contributed by atoms with van der Waals surface area (Å²) in [6.07, 6.45) is 9.36. The predicted octanol–water partition coefficient (Wildman–Crippen LogP) is 9.22. The molecule has 0 fully saturated rings. The molecule has 4 aromatic carbocycles. The van der Waals surface area contributed by atoms with Crippen molar-refractivity contribution in [3.05, 3.63) is 144 Å². The fraction of sp³-hybridized carbons (Fsp3) is 0.0857. The van der Waals surface area contributed by atoms with Gasteiger partial charge in [0.1, 0.15) is 0 Å². The van der Waals surface area contributed by atoms with E-state index in [1.54, 1.807) is 0 Å². The number of allylic oxidation sites excluding steroid dienone is 2. The molecule has 2 nitrogen and oxygen atoms in total. The third-order valence-electron chi connectivity index (χ3n) is 8.46. The van der Waals surface area contributed by atoms with Crippen molar-refractivity contribution in [3.63, 3.8) is 0 Å². The van der Waals surface area contributed by atoms with E-state index in [1.807, 2.05) is 0 Å². The third-order valence-corrected chi connectivity index (χ3v) is 17.7. The number of hydrogen-bond acceptors (Lipinski definition) is 0. The summed E-state index contributed by atoms with van der Waals surface area (Å²) in [4.78, 5) is 0. The second-order valence-electron chi connectivity index (χ2n) is 10.5. The van der Waals surface area contributed by atoms with E-state index >= 15 is 0 Å². The van der Waals surface area contributed by atoms with Crippen LogP contribution in [-0.4, -0.2) is 12.7 Å². The molecule has 0 aliphatic heterocycles. The molecule has 2 heterocycles. The van der Waals surface area contributed by atoms with Gasteiger partial charge < -0.3 is 0 Å². The van der Waals surface area contributed by atoms with Crippen LogP contribution in [0.1, 0.15) is 29.5 Å². The van der Waals surface area contributed by atoms with E-state index in [9.17, 15) is 0 Å². The van der Waals surface area contributed by atoms with Crippen LogP contribution in [0.25, 0.3) is 45.4 Å². The van der Waals surface area contributed by atoms with Gasteiger partial charge in [-0.05, 0) is 0 Å². The Bertz CT molecular complexity index is 1800. The number of rotatable bonds is 5. The van der Waals surface area contributed by atoms with E-state index in [0.717, 1.165) is 3.59 Å². The summed E-state index contributed by atoms with van der Waals surface area (Å²) in [5.74, 6) is 0. The van der Waals surface area contributed by atoms with E-state index in [4.69, 9.17) is 11.6 Å². The second kappa shape index (κ2) is 9.37. The van der Waals surface area contributed by atoms with Gasteiger partial charge in [-0.1, -0.05) is 0 Å². The molecule has 2 aromatic heterocycles. The first-order chi connectivity index (χ1) is 19.3. The van der Waals surface area contributed by atoms with E-state index in [1.165, 1.54) is 55.5 Å². The molecule has 0 bridgehead atoms. The normalized spacial score (nSPS) is 17.8. The van der Waals surface area contributed by atoms with Gasteiger partial charge in [0.2, 0.25) is 0 Å². The van der Waals surface area contributed by atoms with Crippen molar-refractivity contribution in [3.8, 4) is 0 Å². The van der Waals surface area contributed by atoms with Crippen molar-refractivity contribution in [2.24, 2.45) is 0 Å². The van der Waals surface area contributed by atoms with Crippen molar-refractivity contribution in [1.29, 1.82) is 0 Å². The maximum absolute atomic E-state index is 7.16. The topological polar surface area (TPSA) is 9.86 Å². The van der Waals surface area contributed by atoms with Gasteiger partial charge >= 0.3 is 243 Å². The van der Waals surface area contributed by atoms with E-state index in [2.05, 4.69) is 143 Å². The van der Waals surface area contributed by atoms with Crippen LogP contribution < -0.4 is 0 Å². The van der Waals surface area contributed by atoms with Crippen LogP contribution in [-0.2, 0) is 21.8 Å². The van der Waals surface area contributed by atoms with Gasteiger partial charge in [-0.25, -0.2) is 0 Å². The van der Waals surface area contributed by atoms with E-state index in [0.29, 0.717) is 7.25 Å². The van der Waals surface area contributed by atoms with Gasteiger partial charge in [0.25, 0.3) is 0 Å². The Kier molecular flexibility index (Phi) is 5.64. The van der Waals surface area contributed by atoms with Crippen molar-refractivity contribution >= 4 is 57.0 Å². The molecule has 2 aliphatic rings. The zero-order valence-electron chi connectivity index (χ0n) is 21.3. The van der Waals surface area contributed by atoms with Gasteiger partial charge in [0, 0.05) is 0 Å². The summed E-state index contributed by atoms with van der Waals surface area (Å²) in [6, 6.07) is 39.8. The number of fused-ring (bicyclic) bond motifs is 4. The molecule has 2 atom stereocenters. The zero-order valence-corrected chi connectivity index (χ0v) is 24.5. The Hall–Kier alpha value is -3.39. The zero-order chi connectivity index (χ0) is 25.9. The average molecular weight is 601 g/mol. The molecule has 0 amide bonds. The van der Waals surface area contributed by atoms with Crippen LogP contribution in [0.15, 0.2) is 122 Å². The summed E-state index contributed by atoms with van der Waals surface area (Å²) in [5, 5.41) is 2.55. The second-order valence-corrected chi connectivity index (χ2v) is 18.4. The number of nitrogens with zero attached hydrogens (tertiary/aromatic N) is 2. The summed E-state index contributed by atoms with van der Waals surface area (Å²) in [6.45, 7) is 0. The summed E-state index contributed by atoms with van der Waals surface area (Å²) in [7, 11) is 0. The van der Waals surface area contributed by atoms with Crippen molar-refractivity contribution in [2.75, 3.05) is 3.59 Å². The molecule has 8 rings (SSSR count). The first-order valence-electron chi connectivity index (χ1n) is 13.5. The molecule has 0 N–H and O–H groups in total. The Morgan fingerprint density at radius 1 is 0.538 bits per heavy atom. The van der Waals surface area contributed by atoms with Crippen molar-refractivity contribution in [1.82, 2.24) is 9.13 Å². The number of para-hydroxylation sites is 2. The summed E-state index contributed by atoms with van der Waals surface area (Å²) >= 11 is 4.59. The summed E-state index contributed by atoms with van der Waals surface area (Å²) < 4.78 is 6.30. The van der Waals surface area contributed by atoms with Gasteiger partial charge in [-0.3, -0.25) is 0 Å². The Morgan fingerprint density at radius 3 is 1.46 bits per heavy atom. The first-order valence-corrected chi connectivity index (χ1v) is 18.6. The van der Waals surface area contributed by atoms with Crippen molar-refractivity contribution < 1.29 is 21.8 Å². The van der Waals surface area contributed by atoms with Crippen LogP contribution >= 0.6 is 11.6 Å². The molecular weight excluding hydrogens is 575 g/mol. The van der Waals surface area contributed by atoms with Gasteiger partial charge in [-0.2, -0.15) is 0 Å². The molecule has 0 saturated carbocycles. The van der Waals surface area contributed by atoms with E-state index < -0.39 is 21.8 Å². The quantitative estimate of drug-likeness (QED) is 0.175. The maximum atomic E-state index is 7.16. The molecule has 0 radical (unpaired) electrons. The fourth-order valence-electron chi connectivity index (χ4n) is 6.75. The molecule has 187 valence electrons. The van der Waals surface area contributed by atoms with Gasteiger partial charge in [0.05, 0.1) is 0 Å². The molecular formula is C35H26ClN2Zr. The molecule has 39 heavy (non-hydrogen) atoms. The predicted molar refractivity (Wildman–Crippen MR) is 161 cm³/mol. The van der Waals surface area contributed by atoms with Crippen LogP contribution in [0.2, 0.25) is 0 Å². The number of hydrogen-bond donors (Lipinski definition) is 0. The standard InChI is InChI=1S/2C17H12N.CH2Cl.Zr/c2*1-2-7-15-12-16(11-14(15)6-1)18-10-9-13-5-3-4-8-17(13)18;1-2;/h2*1-12H;1H2;. The minimum absolute atomic E-state index is 0.346. The van der Waals surface area contributed by atoms with Gasteiger partial charge in [-0.15, -0.1) is 0 Å². The molecule has 2 unspecified atom stereocenters. The van der Waals surface area contributed by atoms with E-state index in [-0.39, 0.29) is 0 Å². The Labute approximate surface area is 241 Å². The molecule has 0 spiro atoms. The van der Waals surface area contributed by atoms with Crippen LogP contribution in [0.3, 0.4) is 0 Å². The van der Waals surface area contributed by atoms with Crippen LogP contribution in [0.4, 0.5) is 0 Å². The van der Waals surface area contributed by atoms with Crippen LogP contribution in [0.5, 0.6) is 0 Å². The summed E-state index contributed by atoms with van der Waals surface area (Å²) in [5.41, 5.74) is 10.9. The fourth-order valence-corrected chi connectivity index (χ4v) is 16.4. The first kappa shape index (κ1) is 23.5. The number of aromatic nitrogens is 2. The molecule has 6 aromatic rings. The number of halogens is 1. The Morgan fingerprint density at radius 2 is 0.974 bits per heavy atom. The molecule has 4 heteroatoms. The minimum atomic E-state index is -2.57. The number of alkyl halides is 1. The van der Waals surface area contributed by atoms with Gasteiger partial charge in [0.15, 0.2) is 0 Å². The molecule has 0 saturated heterocycles. The average Bonchev–Trinajstić information content (AvgIpc) is 3.76. The Balaban J connectivity index is 1.33. The third kappa shape index (κ3) is 3.64. The molecule has 2 aliphatic carbocycles. The monoisotopic (exact) mass is 599 g/mol. The van der Waals surface area contributed by atoms with Crippen LogP contribution in [0, 0.1) is 0 Å². The van der Waals surface area contributed by atoms with Crippen molar-refractivity contribution in [2.45, 2.75) is 7.25 Å². The SMILES string of the molecule is Cl[CH2][Zr]([CH]1C(n2ccc3ccccc32)=Cc2ccccc21)[CH]1C(n2ccc3ccccc32)=Cc2ccccc21. The number of benzene rings is 4.